The molecule has 0 aromatic heterocycles. The molecular formula is C21H23N3O5S. The van der Waals surface area contributed by atoms with Gasteiger partial charge in [-0.15, -0.1) is 0 Å². The van der Waals surface area contributed by atoms with Crippen molar-refractivity contribution in [2.24, 2.45) is 5.92 Å². The maximum atomic E-state index is 12.8. The van der Waals surface area contributed by atoms with Crippen molar-refractivity contribution in [3.05, 3.63) is 54.1 Å². The van der Waals surface area contributed by atoms with Crippen LogP contribution in [-0.4, -0.2) is 52.3 Å². The average molecular weight is 429 g/mol. The smallest absolute Gasteiger partial charge is 0.255 e. The summed E-state index contributed by atoms with van der Waals surface area (Å²) >= 11 is 0. The quantitative estimate of drug-likeness (QED) is 0.800. The number of anilines is 3. The van der Waals surface area contributed by atoms with Crippen LogP contribution in [0.3, 0.4) is 0 Å². The molecule has 4 rings (SSSR count). The molecule has 2 heterocycles. The minimum Gasteiger partial charge on any atom is -0.378 e. The number of nitrogens with zero attached hydrogens (tertiary/aromatic N) is 2. The van der Waals surface area contributed by atoms with E-state index in [2.05, 4.69) is 10.2 Å². The van der Waals surface area contributed by atoms with Gasteiger partial charge in [0.2, 0.25) is 15.9 Å². The van der Waals surface area contributed by atoms with Crippen molar-refractivity contribution in [1.29, 1.82) is 0 Å². The molecule has 0 radical (unpaired) electrons. The maximum Gasteiger partial charge on any atom is 0.255 e. The zero-order chi connectivity index (χ0) is 21.3. The number of hydrogen-bond donors (Lipinski definition) is 1. The fourth-order valence-corrected chi connectivity index (χ4v) is 5.51. The van der Waals surface area contributed by atoms with Gasteiger partial charge in [0.25, 0.3) is 5.91 Å². The second-order valence-electron chi connectivity index (χ2n) is 7.40. The van der Waals surface area contributed by atoms with Gasteiger partial charge in [-0.05, 0) is 36.4 Å². The van der Waals surface area contributed by atoms with Gasteiger partial charge in [-0.2, -0.15) is 0 Å². The number of carbonyl (C=O) groups excluding carboxylic acids is 2. The van der Waals surface area contributed by atoms with Gasteiger partial charge in [0, 0.05) is 18.7 Å². The first kappa shape index (κ1) is 20.4. The fraction of sp³-hybridized carbons (Fsp3) is 0.333. The van der Waals surface area contributed by atoms with Crippen molar-refractivity contribution in [1.82, 2.24) is 0 Å². The monoisotopic (exact) mass is 429 g/mol. The molecule has 30 heavy (non-hydrogen) atoms. The molecule has 8 nitrogen and oxygen atoms in total. The Balaban J connectivity index is 1.52. The average Bonchev–Trinajstić information content (AvgIpc) is 2.95. The summed E-state index contributed by atoms with van der Waals surface area (Å²) < 4.78 is 30.7. The van der Waals surface area contributed by atoms with Crippen LogP contribution in [0, 0.1) is 5.92 Å². The minimum absolute atomic E-state index is 0.202. The van der Waals surface area contributed by atoms with Gasteiger partial charge in [-0.3, -0.25) is 9.59 Å². The number of amides is 2. The number of sulfonamides is 1. The Morgan fingerprint density at radius 2 is 1.73 bits per heavy atom. The van der Waals surface area contributed by atoms with Crippen LogP contribution in [0.15, 0.2) is 48.5 Å². The lowest BCUT2D eigenvalue weighted by atomic mass is 10.1. The maximum absolute atomic E-state index is 12.8. The van der Waals surface area contributed by atoms with E-state index in [1.54, 1.807) is 6.92 Å². The van der Waals surface area contributed by atoms with E-state index in [-0.39, 0.29) is 17.3 Å². The zero-order valence-electron chi connectivity index (χ0n) is 16.6. The summed E-state index contributed by atoms with van der Waals surface area (Å²) in [5, 5.41) is 2.92. The lowest BCUT2D eigenvalue weighted by Crippen LogP contribution is -2.36. The molecule has 0 spiro atoms. The van der Waals surface area contributed by atoms with E-state index < -0.39 is 21.8 Å². The molecule has 2 aliphatic heterocycles. The number of benzene rings is 2. The van der Waals surface area contributed by atoms with E-state index in [0.29, 0.717) is 24.5 Å². The number of para-hydroxylation sites is 2. The summed E-state index contributed by atoms with van der Waals surface area (Å²) in [5.41, 5.74) is 2.23. The van der Waals surface area contributed by atoms with Gasteiger partial charge in [0.1, 0.15) is 0 Å². The zero-order valence-corrected chi connectivity index (χ0v) is 17.4. The molecule has 0 saturated carbocycles. The van der Waals surface area contributed by atoms with Crippen LogP contribution in [0.1, 0.15) is 17.3 Å². The highest BCUT2D eigenvalue weighted by Crippen LogP contribution is 2.29. The minimum atomic E-state index is -3.67. The molecule has 2 amide bonds. The largest absolute Gasteiger partial charge is 0.378 e. The lowest BCUT2D eigenvalue weighted by Gasteiger charge is -2.30. The van der Waals surface area contributed by atoms with Crippen LogP contribution in [0.4, 0.5) is 17.1 Å². The van der Waals surface area contributed by atoms with Gasteiger partial charge in [-0.25, -0.2) is 12.7 Å². The van der Waals surface area contributed by atoms with Gasteiger partial charge in [0.15, 0.2) is 0 Å². The van der Waals surface area contributed by atoms with Gasteiger partial charge in [0.05, 0.1) is 41.9 Å². The summed E-state index contributed by atoms with van der Waals surface area (Å²) in [6, 6.07) is 13.6. The van der Waals surface area contributed by atoms with Gasteiger partial charge in [-0.1, -0.05) is 19.1 Å². The van der Waals surface area contributed by atoms with Crippen molar-refractivity contribution in [3.8, 4) is 0 Å². The Bertz CT molecular complexity index is 1060. The van der Waals surface area contributed by atoms with E-state index in [0.717, 1.165) is 23.1 Å². The van der Waals surface area contributed by atoms with E-state index in [9.17, 15) is 18.0 Å². The van der Waals surface area contributed by atoms with Crippen molar-refractivity contribution >= 4 is 38.9 Å². The summed E-state index contributed by atoms with van der Waals surface area (Å²) in [6.07, 6.45) is 0. The first-order chi connectivity index (χ1) is 14.4. The third-order valence-corrected chi connectivity index (χ3v) is 7.10. The highest BCUT2D eigenvalue weighted by atomic mass is 32.2. The predicted molar refractivity (Wildman–Crippen MR) is 114 cm³/mol. The van der Waals surface area contributed by atoms with Gasteiger partial charge >= 0.3 is 0 Å². The Morgan fingerprint density at radius 1 is 1.07 bits per heavy atom. The molecule has 158 valence electrons. The molecule has 1 unspecified atom stereocenters. The normalized spacial score (nSPS) is 21.0. The van der Waals surface area contributed by atoms with Crippen LogP contribution in [0.25, 0.3) is 0 Å². The molecule has 1 N–H and O–H groups in total. The molecule has 0 bridgehead atoms. The number of morpholine rings is 1. The van der Waals surface area contributed by atoms with E-state index in [4.69, 9.17) is 4.74 Å². The molecule has 2 aromatic rings. The third-order valence-electron chi connectivity index (χ3n) is 5.23. The number of nitrogens with one attached hydrogen (secondary N) is 1. The first-order valence-corrected chi connectivity index (χ1v) is 11.4. The Morgan fingerprint density at radius 3 is 2.37 bits per heavy atom. The number of rotatable bonds is 4. The SMILES string of the molecule is CC1CS(=O)(=O)N(c2ccc(C(=O)Nc3ccccc3N3CCOCC3)cc2)C1=O. The molecule has 1 atom stereocenters. The van der Waals surface area contributed by atoms with Crippen LogP contribution >= 0.6 is 0 Å². The van der Waals surface area contributed by atoms with E-state index in [1.165, 1.54) is 24.3 Å². The molecule has 9 heteroatoms. The van der Waals surface area contributed by atoms with Crippen molar-refractivity contribution in [2.45, 2.75) is 6.92 Å². The number of ether oxygens (including phenoxy) is 1. The predicted octanol–water partition coefficient (Wildman–Crippen LogP) is 2.09. The highest BCUT2D eigenvalue weighted by Gasteiger charge is 2.41. The van der Waals surface area contributed by atoms with Crippen molar-refractivity contribution in [3.63, 3.8) is 0 Å². The molecule has 2 aromatic carbocycles. The second-order valence-corrected chi connectivity index (χ2v) is 9.26. The Kier molecular flexibility index (Phi) is 5.48. The molecule has 2 fully saturated rings. The molecule has 0 aliphatic carbocycles. The van der Waals surface area contributed by atoms with Crippen LogP contribution < -0.4 is 14.5 Å². The Hall–Kier alpha value is -2.91. The highest BCUT2D eigenvalue weighted by molar-refractivity contribution is 7.94. The molecular weight excluding hydrogens is 406 g/mol. The summed E-state index contributed by atoms with van der Waals surface area (Å²) in [6.45, 7) is 4.37. The number of carbonyl (C=O) groups is 2. The topological polar surface area (TPSA) is 96.0 Å². The summed E-state index contributed by atoms with van der Waals surface area (Å²) in [7, 11) is -3.67. The standard InChI is InChI=1S/C21H23N3O5S/c1-15-14-30(27,28)24(21(15)26)17-8-6-16(7-9-17)20(25)22-18-4-2-3-5-19(18)23-10-12-29-13-11-23/h2-9,15H,10-14H2,1H3,(H,22,25). The first-order valence-electron chi connectivity index (χ1n) is 9.77. The second kappa shape index (κ2) is 8.08. The fourth-order valence-electron chi connectivity index (χ4n) is 3.69. The summed E-state index contributed by atoms with van der Waals surface area (Å²) in [4.78, 5) is 27.2. The Labute approximate surface area is 175 Å². The number of hydrogen-bond acceptors (Lipinski definition) is 6. The third kappa shape index (κ3) is 3.90. The van der Waals surface area contributed by atoms with Gasteiger partial charge < -0.3 is 15.0 Å². The van der Waals surface area contributed by atoms with Crippen LogP contribution in [0.2, 0.25) is 0 Å². The molecule has 2 aliphatic rings. The van der Waals surface area contributed by atoms with Crippen LogP contribution in [-0.2, 0) is 19.6 Å². The molecule has 2 saturated heterocycles. The van der Waals surface area contributed by atoms with E-state index >= 15 is 0 Å². The lowest BCUT2D eigenvalue weighted by molar-refractivity contribution is -0.119. The van der Waals surface area contributed by atoms with Crippen molar-refractivity contribution in [2.75, 3.05) is 46.6 Å². The van der Waals surface area contributed by atoms with Crippen molar-refractivity contribution < 1.29 is 22.7 Å². The summed E-state index contributed by atoms with van der Waals surface area (Å²) in [5.74, 6) is -1.54. The van der Waals surface area contributed by atoms with Crippen LogP contribution in [0.5, 0.6) is 0 Å². The van der Waals surface area contributed by atoms with E-state index in [1.807, 2.05) is 24.3 Å².